The Hall–Kier alpha value is -4.59. The Morgan fingerprint density at radius 2 is 1.86 bits per heavy atom. The van der Waals surface area contributed by atoms with Gasteiger partial charge in [0.15, 0.2) is 5.82 Å². The Morgan fingerprint density at radius 1 is 1.03 bits per heavy atom. The second-order valence-corrected chi connectivity index (χ2v) is 9.44. The third-order valence-corrected chi connectivity index (χ3v) is 6.87. The molecule has 1 aliphatic carbocycles. The van der Waals surface area contributed by atoms with Crippen molar-refractivity contribution in [1.82, 2.24) is 25.1 Å². The van der Waals surface area contributed by atoms with Gasteiger partial charge in [-0.3, -0.25) is 14.3 Å². The third kappa shape index (κ3) is 4.20. The van der Waals surface area contributed by atoms with Crippen molar-refractivity contribution >= 4 is 16.7 Å². The van der Waals surface area contributed by atoms with E-state index in [1.54, 1.807) is 53.2 Å². The molecule has 3 aromatic carbocycles. The number of phenols is 1. The molecule has 0 aliphatic heterocycles. The number of phenolic OH excluding ortho intramolecular Hbond substituents is 1. The summed E-state index contributed by atoms with van der Waals surface area (Å²) < 4.78 is 16.6. The van der Waals surface area contributed by atoms with E-state index in [1.165, 1.54) is 6.07 Å². The molecule has 0 atom stereocenters. The van der Waals surface area contributed by atoms with E-state index in [1.807, 2.05) is 31.2 Å². The van der Waals surface area contributed by atoms with Gasteiger partial charge < -0.3 is 10.4 Å². The van der Waals surface area contributed by atoms with Crippen LogP contribution < -0.4 is 5.32 Å². The number of nitrogens with zero attached hydrogens (tertiary/aromatic N) is 4. The van der Waals surface area contributed by atoms with Gasteiger partial charge in [-0.2, -0.15) is 0 Å². The van der Waals surface area contributed by atoms with E-state index in [9.17, 15) is 14.3 Å². The van der Waals surface area contributed by atoms with Crippen LogP contribution in [-0.4, -0.2) is 36.8 Å². The molecule has 37 heavy (non-hydrogen) atoms. The lowest BCUT2D eigenvalue weighted by molar-refractivity contribution is 0.0909. The number of hydrogen-bond acceptors (Lipinski definition) is 5. The highest BCUT2D eigenvalue weighted by Gasteiger charge is 2.36. The van der Waals surface area contributed by atoms with Crippen molar-refractivity contribution < 1.29 is 14.3 Å². The highest BCUT2D eigenvalue weighted by atomic mass is 19.1. The normalized spacial score (nSPS) is 16.9. The molecule has 6 rings (SSSR count). The van der Waals surface area contributed by atoms with Gasteiger partial charge in [-0.15, -0.1) is 10.2 Å². The zero-order valence-electron chi connectivity index (χ0n) is 20.1. The first-order valence-electron chi connectivity index (χ1n) is 12.1. The molecule has 5 aromatic rings. The molecule has 0 radical (unpaired) electrons. The average Bonchev–Trinajstić information content (AvgIpc) is 3.30. The molecular formula is C29H24FN5O2. The molecule has 184 valence electrons. The average molecular weight is 494 g/mol. The number of carbonyl (C=O) groups is 1. The van der Waals surface area contributed by atoms with E-state index >= 15 is 0 Å². The summed E-state index contributed by atoms with van der Waals surface area (Å²) in [6.07, 6.45) is 3.04. The molecule has 1 amide bonds. The Morgan fingerprint density at radius 3 is 2.65 bits per heavy atom. The topological polar surface area (TPSA) is 92.9 Å². The van der Waals surface area contributed by atoms with Gasteiger partial charge in [0.05, 0.1) is 5.69 Å². The molecule has 7 nitrogen and oxygen atoms in total. The highest BCUT2D eigenvalue weighted by molar-refractivity contribution is 6.07. The Labute approximate surface area is 212 Å². The van der Waals surface area contributed by atoms with Crippen LogP contribution in [0, 0.1) is 12.7 Å². The van der Waals surface area contributed by atoms with Crippen molar-refractivity contribution in [1.29, 1.82) is 0 Å². The van der Waals surface area contributed by atoms with Crippen LogP contribution in [0.5, 0.6) is 5.75 Å². The van der Waals surface area contributed by atoms with E-state index in [0.717, 1.165) is 10.9 Å². The van der Waals surface area contributed by atoms with Gasteiger partial charge in [-0.1, -0.05) is 36.4 Å². The van der Waals surface area contributed by atoms with Crippen molar-refractivity contribution in [2.24, 2.45) is 0 Å². The molecule has 2 heterocycles. The van der Waals surface area contributed by atoms with Crippen molar-refractivity contribution in [3.05, 3.63) is 102 Å². The number of rotatable bonds is 5. The summed E-state index contributed by atoms with van der Waals surface area (Å²) in [5.41, 5.74) is 2.50. The fourth-order valence-corrected chi connectivity index (χ4v) is 4.87. The number of nitrogens with one attached hydrogen (secondary N) is 1. The summed E-state index contributed by atoms with van der Waals surface area (Å²) in [5.74, 6) is 0.655. The van der Waals surface area contributed by atoms with Crippen LogP contribution in [0.3, 0.4) is 0 Å². The lowest BCUT2D eigenvalue weighted by Gasteiger charge is -2.35. The molecule has 0 spiro atoms. The Bertz CT molecular complexity index is 1620. The van der Waals surface area contributed by atoms with Crippen LogP contribution in [-0.2, 0) is 0 Å². The van der Waals surface area contributed by atoms with Gasteiger partial charge in [-0.25, -0.2) is 4.39 Å². The van der Waals surface area contributed by atoms with Crippen LogP contribution in [0.1, 0.15) is 40.5 Å². The molecule has 0 unspecified atom stereocenters. The zero-order valence-corrected chi connectivity index (χ0v) is 20.1. The molecule has 0 bridgehead atoms. The van der Waals surface area contributed by atoms with Crippen molar-refractivity contribution in [3.63, 3.8) is 0 Å². The first-order chi connectivity index (χ1) is 18.0. The van der Waals surface area contributed by atoms with E-state index in [4.69, 9.17) is 0 Å². The fraction of sp³-hybridized carbons (Fsp3) is 0.172. The quantitative estimate of drug-likeness (QED) is 0.346. The van der Waals surface area contributed by atoms with Gasteiger partial charge in [0.25, 0.3) is 5.91 Å². The number of halogens is 1. The minimum absolute atomic E-state index is 0.00633. The van der Waals surface area contributed by atoms with E-state index in [2.05, 4.69) is 20.5 Å². The van der Waals surface area contributed by atoms with Gasteiger partial charge in [0.1, 0.15) is 23.1 Å². The number of fused-ring (bicyclic) bond motifs is 1. The maximum atomic E-state index is 14.9. The summed E-state index contributed by atoms with van der Waals surface area (Å²) >= 11 is 0. The van der Waals surface area contributed by atoms with Gasteiger partial charge in [0.2, 0.25) is 0 Å². The summed E-state index contributed by atoms with van der Waals surface area (Å²) in [7, 11) is 0. The van der Waals surface area contributed by atoms with Crippen molar-refractivity contribution in [2.45, 2.75) is 31.7 Å². The fourth-order valence-electron chi connectivity index (χ4n) is 4.87. The van der Waals surface area contributed by atoms with Crippen molar-refractivity contribution in [2.75, 3.05) is 0 Å². The second-order valence-electron chi connectivity index (χ2n) is 9.44. The Kier molecular flexibility index (Phi) is 5.64. The SMILES string of the molecule is Cc1ccc(-c2nnc([C@H]3C[C@H](NC(=O)c4cccc5ccc(O)cc45)C3)n2-c2ccccc2F)nc1. The number of aromatic hydroxyl groups is 1. The highest BCUT2D eigenvalue weighted by Crippen LogP contribution is 2.39. The van der Waals surface area contributed by atoms with Crippen LogP contribution in [0.25, 0.3) is 28.0 Å². The van der Waals surface area contributed by atoms with Gasteiger partial charge in [0, 0.05) is 23.7 Å². The molecule has 2 N–H and O–H groups in total. The summed E-state index contributed by atoms with van der Waals surface area (Å²) in [6, 6.07) is 20.8. The smallest absolute Gasteiger partial charge is 0.252 e. The summed E-state index contributed by atoms with van der Waals surface area (Å²) in [5, 5.41) is 23.4. The molecule has 0 saturated heterocycles. The first-order valence-corrected chi connectivity index (χ1v) is 12.1. The Balaban J connectivity index is 1.26. The van der Waals surface area contributed by atoms with E-state index < -0.39 is 0 Å². The molecule has 2 aromatic heterocycles. The number of amides is 1. The summed E-state index contributed by atoms with van der Waals surface area (Å²) in [6.45, 7) is 1.95. The number of hydrogen-bond donors (Lipinski definition) is 2. The number of benzene rings is 3. The van der Waals surface area contributed by atoms with Crippen LogP contribution >= 0.6 is 0 Å². The van der Waals surface area contributed by atoms with Crippen LogP contribution in [0.4, 0.5) is 4.39 Å². The predicted octanol–water partition coefficient (Wildman–Crippen LogP) is 5.31. The minimum Gasteiger partial charge on any atom is -0.508 e. The lowest BCUT2D eigenvalue weighted by Crippen LogP contribution is -2.44. The molecule has 1 aliphatic rings. The monoisotopic (exact) mass is 493 g/mol. The largest absolute Gasteiger partial charge is 0.508 e. The number of pyridine rings is 1. The van der Waals surface area contributed by atoms with Crippen molar-refractivity contribution in [3.8, 4) is 23.0 Å². The number of para-hydroxylation sites is 1. The molecule has 8 heteroatoms. The van der Waals surface area contributed by atoms with Crippen LogP contribution in [0.15, 0.2) is 79.0 Å². The minimum atomic E-state index is -0.375. The maximum Gasteiger partial charge on any atom is 0.252 e. The first kappa shape index (κ1) is 22.8. The second kappa shape index (κ2) is 9.13. The number of aromatic nitrogens is 4. The number of carbonyl (C=O) groups excluding carboxylic acids is 1. The molecule has 1 fully saturated rings. The lowest BCUT2D eigenvalue weighted by atomic mass is 9.79. The molecular weight excluding hydrogens is 469 g/mol. The summed E-state index contributed by atoms with van der Waals surface area (Å²) in [4.78, 5) is 17.6. The third-order valence-electron chi connectivity index (χ3n) is 6.87. The number of aryl methyl sites for hydroxylation is 1. The van der Waals surface area contributed by atoms with E-state index in [0.29, 0.717) is 46.8 Å². The van der Waals surface area contributed by atoms with Gasteiger partial charge >= 0.3 is 0 Å². The van der Waals surface area contributed by atoms with E-state index in [-0.39, 0.29) is 29.4 Å². The van der Waals surface area contributed by atoms with Crippen LogP contribution in [0.2, 0.25) is 0 Å². The standard InChI is InChI=1S/C29H24FN5O2/c1-17-9-12-25(31-16-17)28-34-33-27(35(28)26-8-3-2-7-24(26)30)19-13-20(14-19)32-29(37)22-6-4-5-18-10-11-21(36)15-23(18)22/h2-12,15-16,19-20,36H,13-14H2,1H3,(H,32,37)/t19-,20-. The molecule has 1 saturated carbocycles. The zero-order chi connectivity index (χ0) is 25.5. The van der Waals surface area contributed by atoms with Gasteiger partial charge in [-0.05, 0) is 72.5 Å². The predicted molar refractivity (Wildman–Crippen MR) is 138 cm³/mol. The maximum absolute atomic E-state index is 14.9.